The molecule has 0 spiro atoms. The molecule has 7 heteroatoms. The first kappa shape index (κ1) is 23.9. The third-order valence-electron chi connectivity index (χ3n) is 7.39. The lowest BCUT2D eigenvalue weighted by atomic mass is 9.87. The van der Waals surface area contributed by atoms with Crippen LogP contribution in [0.2, 0.25) is 0 Å². The molecule has 0 unspecified atom stereocenters. The molecule has 0 atom stereocenters. The van der Waals surface area contributed by atoms with Gasteiger partial charge in [-0.25, -0.2) is 4.98 Å². The number of nitrogens with one attached hydrogen (secondary N) is 1. The van der Waals surface area contributed by atoms with E-state index in [0.717, 1.165) is 57.7 Å². The highest BCUT2D eigenvalue weighted by Crippen LogP contribution is 2.51. The SMILES string of the molecule is Cc1ccc(CC(=O)C2(c3ccc4c(c3)OCO4)CC2)cc1-c1ccc(CNC(=O)c2cnccn2)cc1.[HH]. The monoisotopic (exact) mass is 507 g/mol. The molecule has 1 saturated carbocycles. The molecule has 1 N–H and O–H groups in total. The van der Waals surface area contributed by atoms with E-state index in [1.807, 2.05) is 48.5 Å². The number of hydrogen-bond acceptors (Lipinski definition) is 6. The van der Waals surface area contributed by atoms with Crippen LogP contribution in [0.1, 0.15) is 47.0 Å². The van der Waals surface area contributed by atoms with Gasteiger partial charge in [0.25, 0.3) is 5.91 Å². The van der Waals surface area contributed by atoms with Crippen molar-refractivity contribution in [1.29, 1.82) is 0 Å². The molecular weight excluding hydrogens is 478 g/mol. The van der Waals surface area contributed by atoms with Gasteiger partial charge < -0.3 is 14.8 Å². The van der Waals surface area contributed by atoms with Gasteiger partial charge in [-0.05, 0) is 65.3 Å². The third kappa shape index (κ3) is 4.63. The van der Waals surface area contributed by atoms with E-state index >= 15 is 0 Å². The molecule has 2 aliphatic rings. The van der Waals surface area contributed by atoms with Gasteiger partial charge in [0, 0.05) is 26.8 Å². The maximum atomic E-state index is 13.5. The minimum absolute atomic E-state index is 0. The fourth-order valence-electron chi connectivity index (χ4n) is 4.98. The predicted molar refractivity (Wildman–Crippen MR) is 144 cm³/mol. The number of aromatic nitrogens is 2. The number of Topliss-reactive ketones (excluding diaryl/α,β-unsaturated/α-hetero) is 1. The number of carbonyl (C=O) groups excluding carboxylic acids is 2. The van der Waals surface area contributed by atoms with Crippen LogP contribution in [0.5, 0.6) is 11.5 Å². The van der Waals surface area contributed by atoms with Gasteiger partial charge in [-0.3, -0.25) is 14.6 Å². The maximum Gasteiger partial charge on any atom is 0.271 e. The van der Waals surface area contributed by atoms with E-state index in [0.29, 0.717) is 13.0 Å². The standard InChI is InChI=1S/C31H27N3O4.H2/c1-20-2-3-22(15-29(35)31(10-11-31)24-8-9-27-28(16-24)38-19-37-27)14-25(20)23-6-4-21(5-7-23)17-34-30(36)26-18-32-12-13-33-26;/h2-9,12-14,16,18H,10-11,15,17,19H2,1H3,(H,34,36);1H. The molecule has 3 aromatic carbocycles. The first-order valence-corrected chi connectivity index (χ1v) is 12.7. The second kappa shape index (κ2) is 9.74. The second-order valence-corrected chi connectivity index (χ2v) is 9.87. The summed E-state index contributed by atoms with van der Waals surface area (Å²) in [6, 6.07) is 20.2. The lowest BCUT2D eigenvalue weighted by Crippen LogP contribution is -2.23. The van der Waals surface area contributed by atoms with Gasteiger partial charge in [0.05, 0.1) is 11.6 Å². The Morgan fingerprint density at radius 2 is 1.74 bits per heavy atom. The molecule has 0 saturated heterocycles. The Morgan fingerprint density at radius 1 is 0.947 bits per heavy atom. The summed E-state index contributed by atoms with van der Waals surface area (Å²) in [4.78, 5) is 33.7. The largest absolute Gasteiger partial charge is 0.454 e. The molecule has 38 heavy (non-hydrogen) atoms. The van der Waals surface area contributed by atoms with Gasteiger partial charge in [0.15, 0.2) is 11.5 Å². The van der Waals surface area contributed by atoms with E-state index in [1.54, 1.807) is 0 Å². The molecule has 1 aliphatic heterocycles. The predicted octanol–water partition coefficient (Wildman–Crippen LogP) is 5.20. The lowest BCUT2D eigenvalue weighted by molar-refractivity contribution is -0.120. The van der Waals surface area contributed by atoms with E-state index in [9.17, 15) is 9.59 Å². The number of fused-ring (bicyclic) bond motifs is 1. The Balaban J connectivity index is 0.00000308. The van der Waals surface area contributed by atoms with E-state index in [4.69, 9.17) is 9.47 Å². The second-order valence-electron chi connectivity index (χ2n) is 9.87. The van der Waals surface area contributed by atoms with E-state index in [1.165, 1.54) is 18.6 Å². The van der Waals surface area contributed by atoms with Gasteiger partial charge in [-0.1, -0.05) is 48.5 Å². The molecule has 6 rings (SSSR count). The summed E-state index contributed by atoms with van der Waals surface area (Å²) in [5.41, 5.74) is 6.16. The highest BCUT2D eigenvalue weighted by atomic mass is 16.7. The van der Waals surface area contributed by atoms with Crippen LogP contribution in [-0.4, -0.2) is 28.5 Å². The number of amides is 1. The van der Waals surface area contributed by atoms with Gasteiger partial charge >= 0.3 is 0 Å². The molecule has 1 fully saturated rings. The highest BCUT2D eigenvalue weighted by molar-refractivity contribution is 5.95. The van der Waals surface area contributed by atoms with Crippen molar-refractivity contribution in [3.8, 4) is 22.6 Å². The highest BCUT2D eigenvalue weighted by Gasteiger charge is 2.50. The van der Waals surface area contributed by atoms with Crippen LogP contribution < -0.4 is 14.8 Å². The Kier molecular flexibility index (Phi) is 6.12. The van der Waals surface area contributed by atoms with Crippen molar-refractivity contribution >= 4 is 11.7 Å². The normalized spacial score (nSPS) is 14.7. The van der Waals surface area contributed by atoms with Crippen LogP contribution in [0.3, 0.4) is 0 Å². The number of nitrogens with zero attached hydrogens (tertiary/aromatic N) is 2. The van der Waals surface area contributed by atoms with Crippen LogP contribution in [-0.2, 0) is 23.2 Å². The summed E-state index contributed by atoms with van der Waals surface area (Å²) in [6.45, 7) is 2.69. The fraction of sp³-hybridized carbons (Fsp3) is 0.226. The number of ketones is 1. The molecule has 4 aromatic rings. The van der Waals surface area contributed by atoms with Crippen molar-refractivity contribution in [2.75, 3.05) is 6.79 Å². The van der Waals surface area contributed by atoms with E-state index in [-0.39, 0.29) is 25.6 Å². The third-order valence-corrected chi connectivity index (χ3v) is 7.39. The van der Waals surface area contributed by atoms with Crippen LogP contribution in [0.15, 0.2) is 79.3 Å². The zero-order chi connectivity index (χ0) is 26.1. The molecule has 192 valence electrons. The minimum atomic E-state index is -0.427. The first-order valence-electron chi connectivity index (χ1n) is 12.7. The summed E-state index contributed by atoms with van der Waals surface area (Å²) < 4.78 is 11.0. The molecule has 2 heterocycles. The summed E-state index contributed by atoms with van der Waals surface area (Å²) in [5.74, 6) is 1.43. The van der Waals surface area contributed by atoms with Crippen molar-refractivity contribution in [3.63, 3.8) is 0 Å². The Hall–Kier alpha value is -4.52. The molecule has 0 radical (unpaired) electrons. The molecule has 0 bridgehead atoms. The van der Waals surface area contributed by atoms with E-state index < -0.39 is 5.41 Å². The fourth-order valence-corrected chi connectivity index (χ4v) is 4.98. The Morgan fingerprint density at radius 3 is 2.50 bits per heavy atom. The van der Waals surface area contributed by atoms with Crippen LogP contribution in [0, 0.1) is 6.92 Å². The lowest BCUT2D eigenvalue weighted by Gasteiger charge is -2.16. The quantitative estimate of drug-likeness (QED) is 0.353. The van der Waals surface area contributed by atoms with Crippen molar-refractivity contribution < 1.29 is 20.5 Å². The first-order chi connectivity index (χ1) is 18.5. The number of benzene rings is 3. The summed E-state index contributed by atoms with van der Waals surface area (Å²) in [5, 5.41) is 2.87. The molecular formula is C31H29N3O4. The average Bonchev–Trinajstić information content (AvgIpc) is 3.64. The van der Waals surface area contributed by atoms with Crippen LogP contribution in [0.4, 0.5) is 0 Å². The Bertz CT molecular complexity index is 1520. The molecule has 1 aromatic heterocycles. The van der Waals surface area contributed by atoms with Gasteiger partial charge in [-0.2, -0.15) is 0 Å². The molecule has 7 nitrogen and oxygen atoms in total. The van der Waals surface area contributed by atoms with Crippen LogP contribution >= 0.6 is 0 Å². The zero-order valence-corrected chi connectivity index (χ0v) is 21.1. The van der Waals surface area contributed by atoms with Gasteiger partial charge in [-0.15, -0.1) is 0 Å². The Labute approximate surface area is 222 Å². The summed E-state index contributed by atoms with van der Waals surface area (Å²) in [7, 11) is 0. The number of carbonyl (C=O) groups is 2. The van der Waals surface area contributed by atoms with Crippen molar-refractivity contribution in [2.45, 2.75) is 38.1 Å². The maximum absolute atomic E-state index is 13.5. The summed E-state index contributed by atoms with van der Waals surface area (Å²) >= 11 is 0. The van der Waals surface area contributed by atoms with Gasteiger partial charge in [0.1, 0.15) is 11.5 Å². The average molecular weight is 508 g/mol. The molecule has 1 aliphatic carbocycles. The van der Waals surface area contributed by atoms with Crippen molar-refractivity contribution in [1.82, 2.24) is 15.3 Å². The van der Waals surface area contributed by atoms with Crippen molar-refractivity contribution in [3.05, 3.63) is 107 Å². The van der Waals surface area contributed by atoms with Gasteiger partial charge in [0.2, 0.25) is 6.79 Å². The van der Waals surface area contributed by atoms with E-state index in [2.05, 4.69) is 34.3 Å². The number of ether oxygens (including phenoxy) is 2. The summed E-state index contributed by atoms with van der Waals surface area (Å²) in [6.07, 6.45) is 6.58. The molecule has 1 amide bonds. The topological polar surface area (TPSA) is 90.4 Å². The number of hydrogen-bond donors (Lipinski definition) is 1. The smallest absolute Gasteiger partial charge is 0.271 e. The number of aryl methyl sites for hydroxylation is 1. The zero-order valence-electron chi connectivity index (χ0n) is 21.1. The van der Waals surface area contributed by atoms with Crippen molar-refractivity contribution in [2.24, 2.45) is 0 Å². The van der Waals surface area contributed by atoms with Crippen LogP contribution in [0.25, 0.3) is 11.1 Å². The number of rotatable bonds is 8. The minimum Gasteiger partial charge on any atom is -0.454 e.